The lowest BCUT2D eigenvalue weighted by Gasteiger charge is -2.10. The highest BCUT2D eigenvalue weighted by molar-refractivity contribution is 7.10. The van der Waals surface area contributed by atoms with E-state index in [0.29, 0.717) is 5.82 Å². The van der Waals surface area contributed by atoms with Crippen LogP contribution in [0.1, 0.15) is 72.0 Å². The first-order valence-electron chi connectivity index (χ1n) is 11.5. The van der Waals surface area contributed by atoms with Crippen LogP contribution in [0, 0.1) is 12.3 Å². The highest BCUT2D eigenvalue weighted by Crippen LogP contribution is 2.26. The van der Waals surface area contributed by atoms with E-state index in [1.54, 1.807) is 6.20 Å². The van der Waals surface area contributed by atoms with Gasteiger partial charge in [0, 0.05) is 31.0 Å². The van der Waals surface area contributed by atoms with Gasteiger partial charge in [0.15, 0.2) is 11.5 Å². The van der Waals surface area contributed by atoms with E-state index in [2.05, 4.69) is 33.8 Å². The van der Waals surface area contributed by atoms with E-state index < -0.39 is 0 Å². The van der Waals surface area contributed by atoms with Gasteiger partial charge in [-0.05, 0) is 38.5 Å². The van der Waals surface area contributed by atoms with Gasteiger partial charge in [-0.15, -0.1) is 0 Å². The average Bonchev–Trinajstić information content (AvgIpc) is 3.43. The molecule has 0 saturated heterocycles. The molecule has 0 aromatic carbocycles. The minimum absolute atomic E-state index is 0.698. The molecule has 0 fully saturated rings. The van der Waals surface area contributed by atoms with Gasteiger partial charge >= 0.3 is 0 Å². The van der Waals surface area contributed by atoms with Crippen molar-refractivity contribution in [3.63, 3.8) is 0 Å². The average molecular weight is 460 g/mol. The third-order valence-electron chi connectivity index (χ3n) is 3.81. The lowest BCUT2D eigenvalue weighted by atomic mass is 10.2. The Morgan fingerprint density at radius 2 is 1.88 bits per heavy atom. The van der Waals surface area contributed by atoms with Gasteiger partial charge in [-0.1, -0.05) is 54.0 Å². The topological polar surface area (TPSA) is 91.0 Å². The van der Waals surface area contributed by atoms with Crippen LogP contribution in [-0.2, 0) is 6.42 Å². The molecule has 32 heavy (non-hydrogen) atoms. The van der Waals surface area contributed by atoms with Crippen LogP contribution >= 0.6 is 11.5 Å². The van der Waals surface area contributed by atoms with Gasteiger partial charge in [-0.2, -0.15) is 4.37 Å². The second-order valence-corrected chi connectivity index (χ2v) is 7.13. The molecule has 0 aliphatic rings. The molecule has 7 nitrogen and oxygen atoms in total. The molecule has 0 amide bonds. The summed E-state index contributed by atoms with van der Waals surface area (Å²) in [6.07, 6.45) is 9.07. The summed E-state index contributed by atoms with van der Waals surface area (Å²) in [7, 11) is 1.92. The van der Waals surface area contributed by atoms with Gasteiger partial charge in [0.1, 0.15) is 5.00 Å². The molecule has 8 heteroatoms. The van der Waals surface area contributed by atoms with E-state index in [0.717, 1.165) is 46.3 Å². The predicted octanol–water partition coefficient (Wildman–Crippen LogP) is 6.52. The number of rotatable bonds is 7. The summed E-state index contributed by atoms with van der Waals surface area (Å²) in [5.41, 5.74) is 4.35. The van der Waals surface area contributed by atoms with Crippen LogP contribution in [0.25, 0.3) is 11.2 Å². The summed E-state index contributed by atoms with van der Waals surface area (Å²) in [6.45, 7) is 17.0. The zero-order valence-electron chi connectivity index (χ0n) is 21.2. The molecule has 0 aliphatic carbocycles. The largest absolute Gasteiger partial charge is 0.328 e. The Morgan fingerprint density at radius 1 is 1.22 bits per heavy atom. The zero-order valence-corrected chi connectivity index (χ0v) is 22.0. The maximum Gasteiger partial charge on any atom is 0.180 e. The molecule has 0 saturated carbocycles. The lowest BCUT2D eigenvalue weighted by molar-refractivity contribution is 0.772. The third-order valence-corrected chi connectivity index (χ3v) is 4.60. The molecule has 0 bridgehead atoms. The molecule has 0 unspecified atom stereocenters. The van der Waals surface area contributed by atoms with Crippen LogP contribution in [0.15, 0.2) is 24.5 Å². The molecule has 0 aliphatic heterocycles. The Hall–Kier alpha value is -2.58. The Morgan fingerprint density at radius 3 is 2.38 bits per heavy atom. The van der Waals surface area contributed by atoms with E-state index in [4.69, 9.17) is 10.4 Å². The number of nitrogens with zero attached hydrogens (tertiary/aromatic N) is 4. The molecular formula is C24H41N7S. The fourth-order valence-corrected chi connectivity index (χ4v) is 3.21. The summed E-state index contributed by atoms with van der Waals surface area (Å²) in [6, 6.07) is 1.99. The number of aromatic nitrogens is 4. The van der Waals surface area contributed by atoms with Crippen molar-refractivity contribution in [3.05, 3.63) is 41.6 Å². The van der Waals surface area contributed by atoms with Crippen LogP contribution in [-0.4, -0.2) is 38.5 Å². The molecule has 3 aromatic heterocycles. The van der Waals surface area contributed by atoms with E-state index in [9.17, 15) is 0 Å². The molecule has 0 atom stereocenters. The van der Waals surface area contributed by atoms with Crippen LogP contribution in [0.5, 0.6) is 0 Å². The summed E-state index contributed by atoms with van der Waals surface area (Å²) in [5, 5.41) is 15.0. The summed E-state index contributed by atoms with van der Waals surface area (Å²) < 4.78 is 6.29. The van der Waals surface area contributed by atoms with Gasteiger partial charge in [0.25, 0.3) is 0 Å². The number of likely N-dealkylation sites (N-methyl/N-ethyl adjacent to an activating group) is 1. The highest BCUT2D eigenvalue weighted by Gasteiger charge is 2.14. The van der Waals surface area contributed by atoms with Crippen molar-refractivity contribution in [1.29, 1.82) is 5.41 Å². The number of hydrogen-bond acceptors (Lipinski definition) is 7. The van der Waals surface area contributed by atoms with Crippen LogP contribution in [0.4, 0.5) is 10.8 Å². The second-order valence-electron chi connectivity index (χ2n) is 6.32. The molecule has 3 heterocycles. The number of nitrogens with one attached hydrogen (secondary N) is 3. The number of hydrogen-bond donors (Lipinski definition) is 3. The zero-order chi connectivity index (χ0) is 24.5. The van der Waals surface area contributed by atoms with Crippen molar-refractivity contribution < 1.29 is 0 Å². The van der Waals surface area contributed by atoms with E-state index in [1.165, 1.54) is 24.2 Å². The van der Waals surface area contributed by atoms with Gasteiger partial charge in [0.2, 0.25) is 0 Å². The van der Waals surface area contributed by atoms with Crippen LogP contribution < -0.4 is 10.6 Å². The third kappa shape index (κ3) is 8.51. The highest BCUT2D eigenvalue weighted by atomic mass is 32.1. The Balaban J connectivity index is 0.00000124. The normalized spacial score (nSPS) is 10.2. The van der Waals surface area contributed by atoms with Gasteiger partial charge in [-0.25, -0.2) is 9.97 Å². The lowest BCUT2D eigenvalue weighted by Crippen LogP contribution is -2.13. The fraction of sp³-hybridized carbons (Fsp3) is 0.500. The number of fused-ring (bicyclic) bond motifs is 1. The van der Waals surface area contributed by atoms with Crippen molar-refractivity contribution in [3.8, 4) is 0 Å². The maximum atomic E-state index is 7.63. The monoisotopic (exact) mass is 459 g/mol. The Kier molecular flexibility index (Phi) is 15.7. The van der Waals surface area contributed by atoms with Crippen molar-refractivity contribution >= 4 is 39.8 Å². The predicted molar refractivity (Wildman–Crippen MR) is 142 cm³/mol. The summed E-state index contributed by atoms with van der Waals surface area (Å²) in [5.74, 6) is 0.698. The SMILES string of the molecule is C/C=C(\C=N)c1cnc2c(Nc3cc(C)ns3)nc(CCNC)cn12.CC.CC.CCC. The molecule has 3 rings (SSSR count). The molecule has 0 spiro atoms. The van der Waals surface area contributed by atoms with Crippen molar-refractivity contribution in [2.75, 3.05) is 18.9 Å². The van der Waals surface area contributed by atoms with E-state index >= 15 is 0 Å². The van der Waals surface area contributed by atoms with Gasteiger partial charge < -0.3 is 16.0 Å². The van der Waals surface area contributed by atoms with E-state index in [-0.39, 0.29) is 0 Å². The van der Waals surface area contributed by atoms with Crippen molar-refractivity contribution in [2.45, 2.75) is 68.2 Å². The molecule has 3 aromatic rings. The van der Waals surface area contributed by atoms with Gasteiger partial charge in [-0.3, -0.25) is 4.40 Å². The number of aryl methyl sites for hydroxylation is 1. The summed E-state index contributed by atoms with van der Waals surface area (Å²) >= 11 is 1.40. The number of imidazole rings is 1. The van der Waals surface area contributed by atoms with Crippen molar-refractivity contribution in [2.24, 2.45) is 0 Å². The Bertz CT molecular complexity index is 941. The van der Waals surface area contributed by atoms with Gasteiger partial charge in [0.05, 0.1) is 23.3 Å². The smallest absolute Gasteiger partial charge is 0.180 e. The number of allylic oxidation sites excluding steroid dienone is 2. The maximum absolute atomic E-state index is 7.63. The van der Waals surface area contributed by atoms with Crippen molar-refractivity contribution in [1.82, 2.24) is 24.1 Å². The van der Waals surface area contributed by atoms with Crippen LogP contribution in [0.2, 0.25) is 0 Å². The quantitative estimate of drug-likeness (QED) is 0.350. The molecular weight excluding hydrogens is 418 g/mol. The molecule has 178 valence electrons. The molecule has 3 N–H and O–H groups in total. The molecule has 0 radical (unpaired) electrons. The fourth-order valence-electron chi connectivity index (χ4n) is 2.55. The van der Waals surface area contributed by atoms with E-state index in [1.807, 2.05) is 71.3 Å². The standard InChI is InChI=1S/C17H21N7S.C3H8.2C2H6/c1-4-12(8-18)14-9-20-17-16(22-15-7-11(2)23-25-15)21-13(5-6-19-3)10-24(14)17;1-3-2;2*1-2/h4,7-10,18-19H,5-6H2,1-3H3,(H,21,22);3H2,1-2H3;2*1-2H3/b12-4+,18-8?;;;. The first-order chi connectivity index (χ1) is 15.6. The number of anilines is 2. The second kappa shape index (κ2) is 17.0. The first-order valence-corrected chi connectivity index (χ1v) is 12.2. The van der Waals surface area contributed by atoms with Crippen LogP contribution in [0.3, 0.4) is 0 Å². The minimum Gasteiger partial charge on any atom is -0.328 e. The summed E-state index contributed by atoms with van der Waals surface area (Å²) in [4.78, 5) is 9.26. The first kappa shape index (κ1) is 29.4. The minimum atomic E-state index is 0.698. The Labute approximate surface area is 198 Å².